The molecule has 0 unspecified atom stereocenters. The van der Waals surface area contributed by atoms with E-state index < -0.39 is 11.9 Å². The van der Waals surface area contributed by atoms with Crippen LogP contribution in [0, 0.1) is 13.8 Å². The highest BCUT2D eigenvalue weighted by molar-refractivity contribution is 5.95. The quantitative estimate of drug-likeness (QED) is 0.891. The van der Waals surface area contributed by atoms with Gasteiger partial charge in [-0.05, 0) is 51.0 Å². The minimum absolute atomic E-state index is 0.134. The highest BCUT2D eigenvalue weighted by atomic mass is 16.3. The van der Waals surface area contributed by atoms with E-state index in [9.17, 15) is 9.59 Å². The molecule has 5 heteroatoms. The van der Waals surface area contributed by atoms with Crippen molar-refractivity contribution in [2.75, 3.05) is 0 Å². The second-order valence-corrected chi connectivity index (χ2v) is 5.76. The van der Waals surface area contributed by atoms with E-state index in [-0.39, 0.29) is 17.7 Å². The van der Waals surface area contributed by atoms with Crippen molar-refractivity contribution in [3.8, 4) is 0 Å². The fraction of sp³-hybridized carbons (Fsp3) is 0.333. The van der Waals surface area contributed by atoms with Crippen molar-refractivity contribution in [1.82, 2.24) is 10.6 Å². The molecule has 2 amide bonds. The maximum atomic E-state index is 12.3. The second-order valence-electron chi connectivity index (χ2n) is 5.76. The van der Waals surface area contributed by atoms with Crippen LogP contribution in [0.2, 0.25) is 0 Å². The Balaban J connectivity index is 1.97. The molecule has 5 nitrogen and oxygen atoms in total. The van der Waals surface area contributed by atoms with Gasteiger partial charge in [-0.2, -0.15) is 0 Å². The summed E-state index contributed by atoms with van der Waals surface area (Å²) in [6.07, 6.45) is 1.42. The van der Waals surface area contributed by atoms with Crippen molar-refractivity contribution >= 4 is 11.8 Å². The molecule has 2 aromatic rings. The summed E-state index contributed by atoms with van der Waals surface area (Å²) in [4.78, 5) is 24.2. The molecule has 0 aliphatic rings. The van der Waals surface area contributed by atoms with Crippen LogP contribution in [0.5, 0.6) is 0 Å². The number of rotatable bonds is 5. The Labute approximate surface area is 136 Å². The minimum Gasteiger partial charge on any atom is -0.459 e. The molecule has 0 saturated carbocycles. The molecule has 0 spiro atoms. The normalized spacial score (nSPS) is 13.2. The molecule has 0 aliphatic carbocycles. The molecule has 1 aromatic carbocycles. The lowest BCUT2D eigenvalue weighted by Gasteiger charge is -2.20. The van der Waals surface area contributed by atoms with Crippen molar-refractivity contribution in [1.29, 1.82) is 0 Å². The molecule has 122 valence electrons. The summed E-state index contributed by atoms with van der Waals surface area (Å²) in [6.45, 7) is 7.61. The molecule has 1 aromatic heterocycles. The van der Waals surface area contributed by atoms with E-state index in [2.05, 4.69) is 16.7 Å². The van der Waals surface area contributed by atoms with Crippen LogP contribution in [0.25, 0.3) is 0 Å². The lowest BCUT2D eigenvalue weighted by atomic mass is 10.00. The highest BCUT2D eigenvalue weighted by Crippen LogP contribution is 2.18. The molecule has 0 aliphatic heterocycles. The molecule has 0 saturated heterocycles. The van der Waals surface area contributed by atoms with Gasteiger partial charge in [-0.3, -0.25) is 9.59 Å². The van der Waals surface area contributed by atoms with Crippen LogP contribution in [0.1, 0.15) is 47.1 Å². The Morgan fingerprint density at radius 3 is 2.48 bits per heavy atom. The number of furan rings is 1. The number of carbonyl (C=O) groups excluding carboxylic acids is 2. The minimum atomic E-state index is -0.653. The molecule has 2 rings (SSSR count). The van der Waals surface area contributed by atoms with Crippen LogP contribution >= 0.6 is 0 Å². The summed E-state index contributed by atoms with van der Waals surface area (Å²) in [5.41, 5.74) is 3.34. The lowest BCUT2D eigenvalue weighted by Crippen LogP contribution is -2.45. The number of nitrogens with one attached hydrogen (secondary N) is 2. The molecule has 2 N–H and O–H groups in total. The van der Waals surface area contributed by atoms with Crippen LogP contribution in [-0.4, -0.2) is 17.9 Å². The Hall–Kier alpha value is -2.56. The predicted octanol–water partition coefficient (Wildman–Crippen LogP) is 2.89. The van der Waals surface area contributed by atoms with Crippen LogP contribution < -0.4 is 10.6 Å². The van der Waals surface area contributed by atoms with Gasteiger partial charge in [-0.1, -0.05) is 23.8 Å². The van der Waals surface area contributed by atoms with Crippen LogP contribution in [-0.2, 0) is 4.79 Å². The Morgan fingerprint density at radius 1 is 1.09 bits per heavy atom. The number of carbonyl (C=O) groups is 2. The SMILES string of the molecule is Cc1ccc(C)c([C@H](C)NC(=O)[C@H](C)NC(=O)c2ccco2)c1. The monoisotopic (exact) mass is 314 g/mol. The van der Waals surface area contributed by atoms with E-state index in [0.717, 1.165) is 16.7 Å². The zero-order chi connectivity index (χ0) is 17.0. The van der Waals surface area contributed by atoms with Crippen molar-refractivity contribution in [3.05, 3.63) is 59.0 Å². The first kappa shape index (κ1) is 16.8. The molecule has 23 heavy (non-hydrogen) atoms. The molecular weight excluding hydrogens is 292 g/mol. The average molecular weight is 314 g/mol. The lowest BCUT2D eigenvalue weighted by molar-refractivity contribution is -0.123. The smallest absolute Gasteiger partial charge is 0.287 e. The van der Waals surface area contributed by atoms with Crippen LogP contribution in [0.4, 0.5) is 0 Å². The number of hydrogen-bond donors (Lipinski definition) is 2. The maximum absolute atomic E-state index is 12.3. The zero-order valence-corrected chi connectivity index (χ0v) is 13.8. The van der Waals surface area contributed by atoms with Crippen molar-refractivity contribution < 1.29 is 14.0 Å². The summed E-state index contributed by atoms with van der Waals surface area (Å²) in [5, 5.41) is 5.55. The van der Waals surface area contributed by atoms with Crippen molar-refractivity contribution in [3.63, 3.8) is 0 Å². The third-order valence-corrected chi connectivity index (χ3v) is 3.75. The van der Waals surface area contributed by atoms with E-state index in [1.165, 1.54) is 6.26 Å². The Morgan fingerprint density at radius 2 is 1.83 bits per heavy atom. The topological polar surface area (TPSA) is 71.3 Å². The Kier molecular flexibility index (Phi) is 5.21. The fourth-order valence-electron chi connectivity index (χ4n) is 2.38. The summed E-state index contributed by atoms with van der Waals surface area (Å²) >= 11 is 0. The zero-order valence-electron chi connectivity index (χ0n) is 13.8. The third kappa shape index (κ3) is 4.22. The first-order chi connectivity index (χ1) is 10.9. The van der Waals surface area contributed by atoms with Gasteiger partial charge in [0.1, 0.15) is 6.04 Å². The van der Waals surface area contributed by atoms with Gasteiger partial charge in [0, 0.05) is 0 Å². The average Bonchev–Trinajstić information content (AvgIpc) is 3.03. The standard InChI is InChI=1S/C18H22N2O3/c1-11-7-8-12(2)15(10-11)13(3)19-17(21)14(4)20-18(22)16-6-5-9-23-16/h5-10,13-14H,1-4H3,(H,19,21)(H,20,22)/t13-,14-/m0/s1. The van der Waals surface area contributed by atoms with Gasteiger partial charge in [0.05, 0.1) is 12.3 Å². The molecule has 1 heterocycles. The number of aryl methyl sites for hydroxylation is 2. The highest BCUT2D eigenvalue weighted by Gasteiger charge is 2.20. The van der Waals surface area contributed by atoms with E-state index in [0.29, 0.717) is 0 Å². The molecule has 0 fully saturated rings. The summed E-state index contributed by atoms with van der Waals surface area (Å²) in [6, 6.07) is 8.54. The van der Waals surface area contributed by atoms with Gasteiger partial charge in [-0.15, -0.1) is 0 Å². The van der Waals surface area contributed by atoms with Crippen LogP contribution in [0.3, 0.4) is 0 Å². The van der Waals surface area contributed by atoms with E-state index in [1.807, 2.05) is 32.9 Å². The van der Waals surface area contributed by atoms with Gasteiger partial charge in [-0.25, -0.2) is 0 Å². The first-order valence-corrected chi connectivity index (χ1v) is 7.60. The van der Waals surface area contributed by atoms with Gasteiger partial charge in [0.25, 0.3) is 5.91 Å². The van der Waals surface area contributed by atoms with E-state index in [4.69, 9.17) is 4.42 Å². The predicted molar refractivity (Wildman–Crippen MR) is 88.1 cm³/mol. The molecule has 0 bridgehead atoms. The van der Waals surface area contributed by atoms with Crippen LogP contribution in [0.15, 0.2) is 41.0 Å². The summed E-state index contributed by atoms with van der Waals surface area (Å²) in [7, 11) is 0. The number of amides is 2. The molecular formula is C18H22N2O3. The molecule has 0 radical (unpaired) electrons. The first-order valence-electron chi connectivity index (χ1n) is 7.60. The Bertz CT molecular complexity index is 692. The molecule has 2 atom stereocenters. The second kappa shape index (κ2) is 7.13. The van der Waals surface area contributed by atoms with E-state index in [1.54, 1.807) is 19.1 Å². The van der Waals surface area contributed by atoms with Gasteiger partial charge in [0.15, 0.2) is 5.76 Å². The van der Waals surface area contributed by atoms with Crippen molar-refractivity contribution in [2.24, 2.45) is 0 Å². The number of hydrogen-bond acceptors (Lipinski definition) is 3. The summed E-state index contributed by atoms with van der Waals surface area (Å²) < 4.78 is 5.01. The fourth-order valence-corrected chi connectivity index (χ4v) is 2.38. The third-order valence-electron chi connectivity index (χ3n) is 3.75. The summed E-state index contributed by atoms with van der Waals surface area (Å²) in [5.74, 6) is -0.456. The largest absolute Gasteiger partial charge is 0.459 e. The van der Waals surface area contributed by atoms with Gasteiger partial charge < -0.3 is 15.1 Å². The van der Waals surface area contributed by atoms with Gasteiger partial charge in [0.2, 0.25) is 5.91 Å². The van der Waals surface area contributed by atoms with Gasteiger partial charge >= 0.3 is 0 Å². The van der Waals surface area contributed by atoms with Crippen molar-refractivity contribution in [2.45, 2.75) is 39.8 Å². The van der Waals surface area contributed by atoms with E-state index >= 15 is 0 Å². The maximum Gasteiger partial charge on any atom is 0.287 e. The number of benzene rings is 1.